The molecule has 2 aromatic heterocycles. The molecule has 0 bridgehead atoms. The second-order valence-corrected chi connectivity index (χ2v) is 6.75. The standard InChI is InChI=1S/C24H21N3O3/c1-30-23-12-11-20(16-25-23)27-22(18-9-7-17(8-10-18)13-14-28)15-21(26-27)24(29)19-5-3-2-4-6-19/h2-12,15-16,28H,13-14H2,1H3. The SMILES string of the molecule is COc1ccc(-n2nc(C(=O)c3ccccc3)cc2-c2ccc(CCO)cc2)cn1. The van der Waals surface area contributed by atoms with Crippen LogP contribution in [0.15, 0.2) is 79.0 Å². The summed E-state index contributed by atoms with van der Waals surface area (Å²) in [5.41, 5.74) is 4.38. The summed E-state index contributed by atoms with van der Waals surface area (Å²) in [7, 11) is 1.56. The van der Waals surface area contributed by atoms with Gasteiger partial charge in [-0.05, 0) is 24.1 Å². The normalized spacial score (nSPS) is 10.7. The van der Waals surface area contributed by atoms with Gasteiger partial charge in [-0.3, -0.25) is 4.79 Å². The van der Waals surface area contributed by atoms with Gasteiger partial charge in [-0.2, -0.15) is 5.10 Å². The number of pyridine rings is 1. The molecular formula is C24H21N3O3. The van der Waals surface area contributed by atoms with Crippen molar-refractivity contribution >= 4 is 5.78 Å². The number of ketones is 1. The van der Waals surface area contributed by atoms with Gasteiger partial charge in [-0.15, -0.1) is 0 Å². The molecular weight excluding hydrogens is 378 g/mol. The van der Waals surface area contributed by atoms with E-state index in [1.165, 1.54) is 0 Å². The molecule has 0 fully saturated rings. The lowest BCUT2D eigenvalue weighted by Crippen LogP contribution is -2.05. The van der Waals surface area contributed by atoms with Gasteiger partial charge in [0.25, 0.3) is 0 Å². The molecule has 150 valence electrons. The number of carbonyl (C=O) groups is 1. The van der Waals surface area contributed by atoms with E-state index in [4.69, 9.17) is 9.84 Å². The first-order chi connectivity index (χ1) is 14.7. The number of aromatic nitrogens is 3. The van der Waals surface area contributed by atoms with Crippen molar-refractivity contribution in [2.24, 2.45) is 0 Å². The highest BCUT2D eigenvalue weighted by Gasteiger charge is 2.18. The zero-order chi connectivity index (χ0) is 20.9. The number of ether oxygens (including phenoxy) is 1. The summed E-state index contributed by atoms with van der Waals surface area (Å²) in [5, 5.41) is 13.7. The smallest absolute Gasteiger partial charge is 0.213 e. The van der Waals surface area contributed by atoms with Crippen LogP contribution in [-0.2, 0) is 6.42 Å². The number of hydrogen-bond donors (Lipinski definition) is 1. The lowest BCUT2D eigenvalue weighted by Gasteiger charge is -2.08. The van der Waals surface area contributed by atoms with E-state index in [1.54, 1.807) is 42.3 Å². The van der Waals surface area contributed by atoms with E-state index in [0.29, 0.717) is 23.6 Å². The Hall–Kier alpha value is -3.77. The van der Waals surface area contributed by atoms with Gasteiger partial charge in [0.1, 0.15) is 5.69 Å². The van der Waals surface area contributed by atoms with Crippen molar-refractivity contribution in [3.63, 3.8) is 0 Å². The summed E-state index contributed by atoms with van der Waals surface area (Å²) in [6, 6.07) is 22.3. The first-order valence-electron chi connectivity index (χ1n) is 9.60. The molecule has 2 aromatic carbocycles. The van der Waals surface area contributed by atoms with E-state index in [0.717, 1.165) is 22.5 Å². The number of aliphatic hydroxyl groups is 1. The number of nitrogens with zero attached hydrogens (tertiary/aromatic N) is 3. The second kappa shape index (κ2) is 8.71. The Bertz CT molecular complexity index is 1130. The molecule has 2 heterocycles. The van der Waals surface area contributed by atoms with Crippen LogP contribution in [0, 0.1) is 0 Å². The van der Waals surface area contributed by atoms with E-state index in [2.05, 4.69) is 10.1 Å². The lowest BCUT2D eigenvalue weighted by atomic mass is 10.0. The van der Waals surface area contributed by atoms with Crippen LogP contribution in [-0.4, -0.2) is 39.4 Å². The van der Waals surface area contributed by atoms with E-state index in [-0.39, 0.29) is 12.4 Å². The largest absolute Gasteiger partial charge is 0.481 e. The van der Waals surface area contributed by atoms with Crippen molar-refractivity contribution in [2.75, 3.05) is 13.7 Å². The van der Waals surface area contributed by atoms with Crippen LogP contribution in [0.1, 0.15) is 21.6 Å². The number of hydrogen-bond acceptors (Lipinski definition) is 5. The highest BCUT2D eigenvalue weighted by atomic mass is 16.5. The van der Waals surface area contributed by atoms with Gasteiger partial charge >= 0.3 is 0 Å². The first-order valence-corrected chi connectivity index (χ1v) is 9.60. The summed E-state index contributed by atoms with van der Waals surface area (Å²) < 4.78 is 6.85. The maximum absolute atomic E-state index is 13.0. The fourth-order valence-corrected chi connectivity index (χ4v) is 3.22. The van der Waals surface area contributed by atoms with Gasteiger partial charge < -0.3 is 9.84 Å². The molecule has 0 radical (unpaired) electrons. The molecule has 6 nitrogen and oxygen atoms in total. The average Bonchev–Trinajstić information content (AvgIpc) is 3.25. The van der Waals surface area contributed by atoms with Crippen molar-refractivity contribution in [1.82, 2.24) is 14.8 Å². The van der Waals surface area contributed by atoms with Gasteiger partial charge in [0.2, 0.25) is 11.7 Å². The number of aliphatic hydroxyl groups excluding tert-OH is 1. The Morgan fingerprint density at radius 2 is 1.80 bits per heavy atom. The Kier molecular flexibility index (Phi) is 5.68. The molecule has 0 unspecified atom stereocenters. The molecule has 0 atom stereocenters. The van der Waals surface area contributed by atoms with Crippen LogP contribution in [0.5, 0.6) is 5.88 Å². The molecule has 0 amide bonds. The molecule has 0 saturated carbocycles. The van der Waals surface area contributed by atoms with E-state index >= 15 is 0 Å². The van der Waals surface area contributed by atoms with Crippen LogP contribution >= 0.6 is 0 Å². The molecule has 0 saturated heterocycles. The number of carbonyl (C=O) groups excluding carboxylic acids is 1. The Morgan fingerprint density at radius 3 is 2.43 bits per heavy atom. The Labute approximate surface area is 174 Å². The van der Waals surface area contributed by atoms with Gasteiger partial charge in [0.05, 0.1) is 24.7 Å². The summed E-state index contributed by atoms with van der Waals surface area (Å²) in [6.45, 7) is 0.102. The highest BCUT2D eigenvalue weighted by molar-refractivity contribution is 6.08. The molecule has 30 heavy (non-hydrogen) atoms. The summed E-state index contributed by atoms with van der Waals surface area (Å²) in [4.78, 5) is 17.2. The van der Waals surface area contributed by atoms with Crippen LogP contribution in [0.2, 0.25) is 0 Å². The number of benzene rings is 2. The minimum absolute atomic E-state index is 0.102. The number of rotatable bonds is 7. The van der Waals surface area contributed by atoms with Crippen molar-refractivity contribution in [3.05, 3.63) is 95.8 Å². The molecule has 1 N–H and O–H groups in total. The summed E-state index contributed by atoms with van der Waals surface area (Å²) in [5.74, 6) is 0.357. The first kappa shape index (κ1) is 19.5. The third-order valence-corrected chi connectivity index (χ3v) is 4.80. The maximum atomic E-state index is 13.0. The van der Waals surface area contributed by atoms with Gasteiger partial charge in [-0.25, -0.2) is 9.67 Å². The quantitative estimate of drug-likeness (QED) is 0.480. The average molecular weight is 399 g/mol. The third kappa shape index (κ3) is 3.99. The van der Waals surface area contributed by atoms with Crippen molar-refractivity contribution in [3.8, 4) is 22.8 Å². The third-order valence-electron chi connectivity index (χ3n) is 4.80. The highest BCUT2D eigenvalue weighted by Crippen LogP contribution is 2.26. The zero-order valence-corrected chi connectivity index (χ0v) is 16.5. The maximum Gasteiger partial charge on any atom is 0.213 e. The Balaban J connectivity index is 1.79. The van der Waals surface area contributed by atoms with Crippen molar-refractivity contribution in [1.29, 1.82) is 0 Å². The zero-order valence-electron chi connectivity index (χ0n) is 16.5. The van der Waals surface area contributed by atoms with E-state index < -0.39 is 0 Å². The van der Waals surface area contributed by atoms with Crippen LogP contribution in [0.4, 0.5) is 0 Å². The van der Waals surface area contributed by atoms with Crippen LogP contribution in [0.3, 0.4) is 0 Å². The molecule has 6 heteroatoms. The minimum atomic E-state index is -0.144. The lowest BCUT2D eigenvalue weighted by molar-refractivity contribution is 0.103. The summed E-state index contributed by atoms with van der Waals surface area (Å²) in [6.07, 6.45) is 2.26. The second-order valence-electron chi connectivity index (χ2n) is 6.75. The van der Waals surface area contributed by atoms with Crippen molar-refractivity contribution < 1.29 is 14.6 Å². The predicted octanol–water partition coefficient (Wildman–Crippen LogP) is 3.71. The van der Waals surface area contributed by atoms with E-state index in [1.807, 2.05) is 48.5 Å². The molecule has 4 aromatic rings. The predicted molar refractivity (Wildman–Crippen MR) is 114 cm³/mol. The molecule has 0 spiro atoms. The molecule has 0 aliphatic heterocycles. The van der Waals surface area contributed by atoms with Crippen LogP contribution in [0.25, 0.3) is 16.9 Å². The fraction of sp³-hybridized carbons (Fsp3) is 0.125. The van der Waals surface area contributed by atoms with E-state index in [9.17, 15) is 4.79 Å². The number of methoxy groups -OCH3 is 1. The topological polar surface area (TPSA) is 77.2 Å². The molecule has 4 rings (SSSR count). The summed E-state index contributed by atoms with van der Waals surface area (Å²) >= 11 is 0. The Morgan fingerprint density at radius 1 is 1.03 bits per heavy atom. The van der Waals surface area contributed by atoms with Gasteiger partial charge in [0.15, 0.2) is 0 Å². The fourth-order valence-electron chi connectivity index (χ4n) is 3.22. The van der Waals surface area contributed by atoms with Gasteiger partial charge in [0, 0.05) is 23.8 Å². The minimum Gasteiger partial charge on any atom is -0.481 e. The molecule has 0 aliphatic rings. The molecule has 0 aliphatic carbocycles. The van der Waals surface area contributed by atoms with Crippen molar-refractivity contribution in [2.45, 2.75) is 6.42 Å². The van der Waals surface area contributed by atoms with Gasteiger partial charge in [-0.1, -0.05) is 54.6 Å². The monoisotopic (exact) mass is 399 g/mol. The van der Waals surface area contributed by atoms with Crippen LogP contribution < -0.4 is 4.74 Å².